The smallest absolute Gasteiger partial charge is 0.0391 e. The van der Waals surface area contributed by atoms with E-state index >= 15 is 0 Å². The van der Waals surface area contributed by atoms with Crippen LogP contribution in [0.25, 0.3) is 0 Å². The summed E-state index contributed by atoms with van der Waals surface area (Å²) in [5, 5.41) is 0. The highest BCUT2D eigenvalue weighted by atomic mass is 15.2. The van der Waals surface area contributed by atoms with Crippen molar-refractivity contribution in [1.29, 1.82) is 0 Å². The highest BCUT2D eigenvalue weighted by Gasteiger charge is 2.34. The van der Waals surface area contributed by atoms with Crippen LogP contribution >= 0.6 is 0 Å². The predicted molar refractivity (Wildman–Crippen MR) is 77.6 cm³/mol. The normalized spacial score (nSPS) is 24.6. The van der Waals surface area contributed by atoms with Crippen LogP contribution in [-0.2, 0) is 6.42 Å². The lowest BCUT2D eigenvalue weighted by Gasteiger charge is -2.29. The molecule has 2 rings (SSSR count). The Morgan fingerprint density at radius 3 is 2.72 bits per heavy atom. The molecule has 1 aliphatic heterocycles. The molecular formula is C16H26N2. The van der Waals surface area contributed by atoms with Crippen molar-refractivity contribution < 1.29 is 0 Å². The summed E-state index contributed by atoms with van der Waals surface area (Å²) in [5.74, 6) is 0.629. The Hall–Kier alpha value is -0.860. The monoisotopic (exact) mass is 246 g/mol. The van der Waals surface area contributed by atoms with Crippen LogP contribution in [0.3, 0.4) is 0 Å². The molecule has 1 aliphatic rings. The van der Waals surface area contributed by atoms with Gasteiger partial charge in [0.2, 0.25) is 0 Å². The molecule has 1 aromatic rings. The highest BCUT2D eigenvalue weighted by molar-refractivity contribution is 5.31. The quantitative estimate of drug-likeness (QED) is 0.865. The lowest BCUT2D eigenvalue weighted by molar-refractivity contribution is 0.229. The van der Waals surface area contributed by atoms with Crippen molar-refractivity contribution in [3.8, 4) is 0 Å². The third kappa shape index (κ3) is 2.60. The summed E-state index contributed by atoms with van der Waals surface area (Å²) in [6, 6.07) is 9.45. The molecule has 0 radical (unpaired) electrons. The molecule has 100 valence electrons. The zero-order valence-corrected chi connectivity index (χ0v) is 11.7. The lowest BCUT2D eigenvalue weighted by Crippen LogP contribution is -2.29. The van der Waals surface area contributed by atoms with Crippen molar-refractivity contribution in [2.45, 2.75) is 39.2 Å². The molecule has 0 aliphatic carbocycles. The summed E-state index contributed by atoms with van der Waals surface area (Å²) >= 11 is 0. The number of nitrogens with zero attached hydrogens (tertiary/aromatic N) is 1. The molecule has 2 heteroatoms. The number of nitrogens with two attached hydrogens (primary N) is 1. The molecule has 0 saturated carbocycles. The Kier molecular flexibility index (Phi) is 4.79. The first-order valence-electron chi connectivity index (χ1n) is 7.33. The Morgan fingerprint density at radius 2 is 2.06 bits per heavy atom. The Balaban J connectivity index is 2.31. The molecule has 0 spiro atoms. The van der Waals surface area contributed by atoms with Gasteiger partial charge in [0.25, 0.3) is 0 Å². The van der Waals surface area contributed by atoms with Crippen molar-refractivity contribution in [2.75, 3.05) is 19.6 Å². The van der Waals surface area contributed by atoms with Gasteiger partial charge in [-0.1, -0.05) is 38.1 Å². The number of aryl methyl sites for hydroxylation is 1. The minimum atomic E-state index is 0.547. The summed E-state index contributed by atoms with van der Waals surface area (Å²) < 4.78 is 0. The second-order valence-corrected chi connectivity index (χ2v) is 5.32. The maximum atomic E-state index is 5.98. The van der Waals surface area contributed by atoms with Crippen LogP contribution in [0.4, 0.5) is 0 Å². The molecule has 0 aromatic heterocycles. The molecular weight excluding hydrogens is 220 g/mol. The molecule has 18 heavy (non-hydrogen) atoms. The average Bonchev–Trinajstić information content (AvgIpc) is 2.82. The number of likely N-dealkylation sites (tertiary alicyclic amines) is 1. The molecule has 1 fully saturated rings. The summed E-state index contributed by atoms with van der Waals surface area (Å²) in [4.78, 5) is 2.63. The first-order chi connectivity index (χ1) is 8.81. The van der Waals surface area contributed by atoms with E-state index in [-0.39, 0.29) is 0 Å². The molecule has 1 aromatic carbocycles. The lowest BCUT2D eigenvalue weighted by atomic mass is 9.89. The summed E-state index contributed by atoms with van der Waals surface area (Å²) in [6.45, 7) is 7.72. The van der Waals surface area contributed by atoms with Crippen LogP contribution < -0.4 is 5.73 Å². The van der Waals surface area contributed by atoms with E-state index in [1.165, 1.54) is 37.1 Å². The van der Waals surface area contributed by atoms with Gasteiger partial charge in [-0.3, -0.25) is 4.90 Å². The first-order valence-corrected chi connectivity index (χ1v) is 7.33. The summed E-state index contributed by atoms with van der Waals surface area (Å²) in [7, 11) is 0. The second-order valence-electron chi connectivity index (χ2n) is 5.32. The van der Waals surface area contributed by atoms with Crippen molar-refractivity contribution in [3.05, 3.63) is 35.4 Å². The Bertz CT molecular complexity index is 375. The van der Waals surface area contributed by atoms with Gasteiger partial charge in [0.15, 0.2) is 0 Å². The van der Waals surface area contributed by atoms with Crippen molar-refractivity contribution in [1.82, 2.24) is 4.90 Å². The number of benzene rings is 1. The Labute approximate surface area is 111 Å². The zero-order valence-electron chi connectivity index (χ0n) is 11.7. The zero-order chi connectivity index (χ0) is 13.0. The van der Waals surface area contributed by atoms with Crippen LogP contribution in [0.2, 0.25) is 0 Å². The van der Waals surface area contributed by atoms with Crippen LogP contribution in [0, 0.1) is 5.92 Å². The largest absolute Gasteiger partial charge is 0.330 e. The van der Waals surface area contributed by atoms with Gasteiger partial charge < -0.3 is 5.73 Å². The maximum absolute atomic E-state index is 5.98. The molecule has 0 bridgehead atoms. The standard InChI is InChI=1S/C16H26N2/c1-3-10-18-11-9-14(12-17)16(18)15-8-6-5-7-13(15)4-2/h5-8,14,16H,3-4,9-12,17H2,1-2H3. The van der Waals surface area contributed by atoms with Gasteiger partial charge in [-0.05, 0) is 55.9 Å². The van der Waals surface area contributed by atoms with Crippen LogP contribution in [-0.4, -0.2) is 24.5 Å². The topological polar surface area (TPSA) is 29.3 Å². The third-order valence-corrected chi connectivity index (χ3v) is 4.20. The van der Waals surface area contributed by atoms with Gasteiger partial charge in [-0.25, -0.2) is 0 Å². The van der Waals surface area contributed by atoms with Crippen molar-refractivity contribution in [3.63, 3.8) is 0 Å². The predicted octanol–water partition coefficient (Wildman–Crippen LogP) is 2.98. The van der Waals surface area contributed by atoms with Crippen LogP contribution in [0.15, 0.2) is 24.3 Å². The summed E-state index contributed by atoms with van der Waals surface area (Å²) in [5.41, 5.74) is 8.99. The van der Waals surface area contributed by atoms with Gasteiger partial charge in [-0.2, -0.15) is 0 Å². The van der Waals surface area contributed by atoms with E-state index < -0.39 is 0 Å². The second kappa shape index (κ2) is 6.35. The average molecular weight is 246 g/mol. The number of hydrogen-bond donors (Lipinski definition) is 1. The fourth-order valence-corrected chi connectivity index (χ4v) is 3.31. The first kappa shape index (κ1) is 13.6. The van der Waals surface area contributed by atoms with E-state index in [9.17, 15) is 0 Å². The van der Waals surface area contributed by atoms with Gasteiger partial charge in [0.1, 0.15) is 0 Å². The number of hydrogen-bond acceptors (Lipinski definition) is 2. The molecule has 2 atom stereocenters. The maximum Gasteiger partial charge on any atom is 0.0391 e. The molecule has 1 heterocycles. The van der Waals surface area contributed by atoms with E-state index in [0.717, 1.165) is 13.0 Å². The number of rotatable bonds is 5. The van der Waals surface area contributed by atoms with E-state index in [4.69, 9.17) is 5.73 Å². The molecule has 2 unspecified atom stereocenters. The molecule has 2 nitrogen and oxygen atoms in total. The van der Waals surface area contributed by atoms with E-state index in [0.29, 0.717) is 12.0 Å². The SMILES string of the molecule is CCCN1CCC(CN)C1c1ccccc1CC. The fourth-order valence-electron chi connectivity index (χ4n) is 3.31. The van der Waals surface area contributed by atoms with E-state index in [1.54, 1.807) is 0 Å². The highest BCUT2D eigenvalue weighted by Crippen LogP contribution is 2.38. The van der Waals surface area contributed by atoms with Gasteiger partial charge in [0, 0.05) is 6.04 Å². The summed E-state index contributed by atoms with van der Waals surface area (Å²) in [6.07, 6.45) is 3.59. The van der Waals surface area contributed by atoms with Crippen molar-refractivity contribution >= 4 is 0 Å². The minimum Gasteiger partial charge on any atom is -0.330 e. The van der Waals surface area contributed by atoms with Gasteiger partial charge in [0.05, 0.1) is 0 Å². The van der Waals surface area contributed by atoms with E-state index in [1.807, 2.05) is 0 Å². The Morgan fingerprint density at radius 1 is 1.28 bits per heavy atom. The van der Waals surface area contributed by atoms with Crippen molar-refractivity contribution in [2.24, 2.45) is 11.7 Å². The molecule has 1 saturated heterocycles. The molecule has 0 amide bonds. The van der Waals surface area contributed by atoms with Crippen LogP contribution in [0.1, 0.15) is 43.9 Å². The van der Waals surface area contributed by atoms with E-state index in [2.05, 4.69) is 43.0 Å². The third-order valence-electron chi connectivity index (χ3n) is 4.20. The fraction of sp³-hybridized carbons (Fsp3) is 0.625. The molecule has 2 N–H and O–H groups in total. The minimum absolute atomic E-state index is 0.547. The van der Waals surface area contributed by atoms with Gasteiger partial charge >= 0.3 is 0 Å². The van der Waals surface area contributed by atoms with Crippen LogP contribution in [0.5, 0.6) is 0 Å². The van der Waals surface area contributed by atoms with Gasteiger partial charge in [-0.15, -0.1) is 0 Å².